The van der Waals surface area contributed by atoms with Crippen LogP contribution in [0.5, 0.6) is 0 Å². The smallest absolute Gasteiger partial charge is 0.119 e. The summed E-state index contributed by atoms with van der Waals surface area (Å²) in [6.07, 6.45) is 0. The first kappa shape index (κ1) is 9.27. The summed E-state index contributed by atoms with van der Waals surface area (Å²) in [5, 5.41) is 0. The minimum Gasteiger partial charge on any atom is -0.356 e. The Hall–Kier alpha value is -0.290. The van der Waals surface area contributed by atoms with Gasteiger partial charge in [-0.1, -0.05) is 6.07 Å². The van der Waals surface area contributed by atoms with Gasteiger partial charge in [0, 0.05) is 21.4 Å². The van der Waals surface area contributed by atoms with Crippen LogP contribution in [0.1, 0.15) is 12.5 Å². The highest BCUT2D eigenvalue weighted by Crippen LogP contribution is 2.27. The molecule has 0 fully saturated rings. The fourth-order valence-electron chi connectivity index (χ4n) is 1.55. The number of ether oxygens (including phenoxy) is 1. The first-order valence-corrected chi connectivity index (χ1v) is 5.50. The average molecular weight is 289 g/mol. The van der Waals surface area contributed by atoms with Crippen molar-refractivity contribution in [2.75, 3.05) is 18.2 Å². The lowest BCUT2D eigenvalue weighted by molar-refractivity contribution is 0.111. The van der Waals surface area contributed by atoms with Crippen molar-refractivity contribution in [1.82, 2.24) is 0 Å². The fourth-order valence-corrected chi connectivity index (χ4v) is 2.03. The van der Waals surface area contributed by atoms with Crippen molar-refractivity contribution in [2.45, 2.75) is 13.5 Å². The zero-order chi connectivity index (χ0) is 9.26. The number of anilines is 1. The number of benzene rings is 1. The Kier molecular flexibility index (Phi) is 2.74. The quantitative estimate of drug-likeness (QED) is 0.737. The molecule has 0 saturated carbocycles. The molecular weight excluding hydrogens is 277 g/mol. The summed E-state index contributed by atoms with van der Waals surface area (Å²) < 4.78 is 6.75. The maximum absolute atomic E-state index is 5.46. The fraction of sp³-hybridized carbons (Fsp3) is 0.400. The molecule has 0 spiro atoms. The molecule has 1 aromatic carbocycles. The van der Waals surface area contributed by atoms with Gasteiger partial charge in [0.25, 0.3) is 0 Å². The lowest BCUT2D eigenvalue weighted by Crippen LogP contribution is -2.30. The molecule has 1 aliphatic rings. The molecule has 0 bridgehead atoms. The summed E-state index contributed by atoms with van der Waals surface area (Å²) in [6.45, 7) is 4.64. The molecule has 13 heavy (non-hydrogen) atoms. The maximum Gasteiger partial charge on any atom is 0.119 e. The van der Waals surface area contributed by atoms with Gasteiger partial charge in [0.05, 0.1) is 6.61 Å². The molecule has 0 aliphatic carbocycles. The Morgan fingerprint density at radius 1 is 1.54 bits per heavy atom. The van der Waals surface area contributed by atoms with E-state index in [1.165, 1.54) is 14.8 Å². The molecule has 1 aliphatic heterocycles. The zero-order valence-corrected chi connectivity index (χ0v) is 9.74. The predicted octanol–water partition coefficient (Wildman–Crippen LogP) is 2.61. The number of halogens is 1. The molecule has 70 valence electrons. The molecule has 0 unspecified atom stereocenters. The Morgan fingerprint density at radius 2 is 2.38 bits per heavy atom. The molecule has 1 heterocycles. The number of nitrogens with zero attached hydrogens (tertiary/aromatic N) is 1. The zero-order valence-electron chi connectivity index (χ0n) is 7.59. The molecule has 0 radical (unpaired) electrons. The van der Waals surface area contributed by atoms with Crippen molar-refractivity contribution in [1.29, 1.82) is 0 Å². The van der Waals surface area contributed by atoms with Crippen molar-refractivity contribution in [2.24, 2.45) is 0 Å². The van der Waals surface area contributed by atoms with Gasteiger partial charge in [0.1, 0.15) is 6.73 Å². The van der Waals surface area contributed by atoms with Crippen molar-refractivity contribution in [3.8, 4) is 0 Å². The summed E-state index contributed by atoms with van der Waals surface area (Å²) in [7, 11) is 0. The van der Waals surface area contributed by atoms with Gasteiger partial charge in [-0.2, -0.15) is 0 Å². The Balaban J connectivity index is 2.41. The highest BCUT2D eigenvalue weighted by Gasteiger charge is 2.15. The molecule has 1 aromatic rings. The largest absolute Gasteiger partial charge is 0.356 e. The van der Waals surface area contributed by atoms with E-state index in [2.05, 4.69) is 52.6 Å². The standard InChI is InChI=1S/C10H12INO/c1-2-12-7-13-6-8-3-4-9(11)5-10(8)12/h3-5H,2,6-7H2,1H3. The average Bonchev–Trinajstić information content (AvgIpc) is 2.17. The molecule has 0 amide bonds. The van der Waals surface area contributed by atoms with Gasteiger partial charge in [-0.25, -0.2) is 0 Å². The summed E-state index contributed by atoms with van der Waals surface area (Å²) >= 11 is 2.34. The first-order valence-electron chi connectivity index (χ1n) is 4.42. The van der Waals surface area contributed by atoms with E-state index >= 15 is 0 Å². The van der Waals surface area contributed by atoms with Crippen molar-refractivity contribution in [3.05, 3.63) is 27.3 Å². The second kappa shape index (κ2) is 3.84. The first-order chi connectivity index (χ1) is 6.31. The van der Waals surface area contributed by atoms with E-state index in [0.717, 1.165) is 19.9 Å². The Labute approximate surface area is 92.0 Å². The third-order valence-corrected chi connectivity index (χ3v) is 2.95. The minimum absolute atomic E-state index is 0.726. The van der Waals surface area contributed by atoms with E-state index in [9.17, 15) is 0 Å². The predicted molar refractivity (Wildman–Crippen MR) is 61.8 cm³/mol. The summed E-state index contributed by atoms with van der Waals surface area (Å²) in [4.78, 5) is 2.25. The molecule has 3 heteroatoms. The van der Waals surface area contributed by atoms with E-state index in [4.69, 9.17) is 4.74 Å². The summed E-state index contributed by atoms with van der Waals surface area (Å²) in [6, 6.07) is 6.50. The van der Waals surface area contributed by atoms with Crippen molar-refractivity contribution >= 4 is 28.3 Å². The van der Waals surface area contributed by atoms with Crippen LogP contribution in [0.15, 0.2) is 18.2 Å². The van der Waals surface area contributed by atoms with Crippen molar-refractivity contribution in [3.63, 3.8) is 0 Å². The van der Waals surface area contributed by atoms with Crippen LogP contribution in [0, 0.1) is 3.57 Å². The third-order valence-electron chi connectivity index (χ3n) is 2.27. The van der Waals surface area contributed by atoms with E-state index in [1.807, 2.05) is 0 Å². The van der Waals surface area contributed by atoms with E-state index in [1.54, 1.807) is 0 Å². The van der Waals surface area contributed by atoms with E-state index < -0.39 is 0 Å². The van der Waals surface area contributed by atoms with Gasteiger partial charge in [-0.05, 0) is 41.6 Å². The van der Waals surface area contributed by atoms with E-state index in [0.29, 0.717) is 0 Å². The molecule has 2 nitrogen and oxygen atoms in total. The molecule has 0 atom stereocenters. The molecular formula is C10H12INO. The van der Waals surface area contributed by atoms with Crippen LogP contribution in [0.4, 0.5) is 5.69 Å². The second-order valence-electron chi connectivity index (χ2n) is 3.11. The van der Waals surface area contributed by atoms with Crippen LogP contribution in [-0.4, -0.2) is 13.3 Å². The van der Waals surface area contributed by atoms with E-state index in [-0.39, 0.29) is 0 Å². The number of hydrogen-bond donors (Lipinski definition) is 0. The van der Waals surface area contributed by atoms with Gasteiger partial charge < -0.3 is 9.64 Å². The van der Waals surface area contributed by atoms with Crippen LogP contribution >= 0.6 is 22.6 Å². The second-order valence-corrected chi connectivity index (χ2v) is 4.35. The molecule has 0 aromatic heterocycles. The van der Waals surface area contributed by atoms with Gasteiger partial charge >= 0.3 is 0 Å². The normalized spacial score (nSPS) is 15.7. The number of hydrogen-bond acceptors (Lipinski definition) is 2. The molecule has 0 saturated heterocycles. The number of rotatable bonds is 1. The number of fused-ring (bicyclic) bond motifs is 1. The highest BCUT2D eigenvalue weighted by molar-refractivity contribution is 14.1. The highest BCUT2D eigenvalue weighted by atomic mass is 127. The summed E-state index contributed by atoms with van der Waals surface area (Å²) in [5.41, 5.74) is 2.63. The lowest BCUT2D eigenvalue weighted by atomic mass is 10.1. The monoisotopic (exact) mass is 289 g/mol. The summed E-state index contributed by atoms with van der Waals surface area (Å²) in [5.74, 6) is 0. The van der Waals surface area contributed by atoms with Gasteiger partial charge in [-0.15, -0.1) is 0 Å². The van der Waals surface area contributed by atoms with Crippen LogP contribution in [0.3, 0.4) is 0 Å². The minimum atomic E-state index is 0.726. The third kappa shape index (κ3) is 1.81. The Bertz CT molecular complexity index is 314. The van der Waals surface area contributed by atoms with Crippen LogP contribution in [0.25, 0.3) is 0 Å². The SMILES string of the molecule is CCN1COCc2ccc(I)cc21. The van der Waals surface area contributed by atoms with Crippen LogP contribution in [0.2, 0.25) is 0 Å². The topological polar surface area (TPSA) is 12.5 Å². The van der Waals surface area contributed by atoms with Gasteiger partial charge in [0.2, 0.25) is 0 Å². The van der Waals surface area contributed by atoms with Crippen LogP contribution in [-0.2, 0) is 11.3 Å². The maximum atomic E-state index is 5.46. The Morgan fingerprint density at radius 3 is 3.15 bits per heavy atom. The lowest BCUT2D eigenvalue weighted by Gasteiger charge is -2.30. The van der Waals surface area contributed by atoms with Gasteiger partial charge in [-0.3, -0.25) is 0 Å². The van der Waals surface area contributed by atoms with Crippen LogP contribution < -0.4 is 4.90 Å². The van der Waals surface area contributed by atoms with Crippen molar-refractivity contribution < 1.29 is 4.74 Å². The van der Waals surface area contributed by atoms with Gasteiger partial charge in [0.15, 0.2) is 0 Å². The molecule has 0 N–H and O–H groups in total. The molecule has 2 rings (SSSR count).